The van der Waals surface area contributed by atoms with Crippen molar-refractivity contribution in [3.05, 3.63) is 63.7 Å². The summed E-state index contributed by atoms with van der Waals surface area (Å²) in [4.78, 5) is 26.9. The van der Waals surface area contributed by atoms with Gasteiger partial charge < -0.3 is 19.5 Å². The van der Waals surface area contributed by atoms with Crippen molar-refractivity contribution >= 4 is 11.7 Å². The molecule has 0 radical (unpaired) electrons. The fourth-order valence-electron chi connectivity index (χ4n) is 6.45. The van der Waals surface area contributed by atoms with Gasteiger partial charge in [0.05, 0.1) is 19.3 Å². The highest BCUT2D eigenvalue weighted by molar-refractivity contribution is 5.92. The standard InChI is InChI=1S/C31H39N5O5/c1-20-11-12-27(25-10-6-9-24(20)25)40-22-16-29(37)36(32-17-22)26(15-21-7-4-5-8-21)30(38)33-28-13-14-35(34-28)18-23-19-39-31(2,3)41-23/h11-14,16-17,21,23,26H,4-10,15,18-19H2,1-3H3,(H,33,34,38)/t23-,26?/m1/s1. The Morgan fingerprint density at radius 3 is 2.73 bits per heavy atom. The molecule has 1 N–H and O–H groups in total. The van der Waals surface area contributed by atoms with Crippen LogP contribution in [0.4, 0.5) is 5.82 Å². The number of rotatable bonds is 9. The van der Waals surface area contributed by atoms with E-state index < -0.39 is 11.8 Å². The van der Waals surface area contributed by atoms with Gasteiger partial charge in [-0.05, 0) is 75.1 Å². The molecule has 1 saturated heterocycles. The zero-order valence-electron chi connectivity index (χ0n) is 24.1. The minimum absolute atomic E-state index is 0.118. The Labute approximate surface area is 240 Å². The number of carbonyl (C=O) groups is 1. The molecule has 2 aliphatic carbocycles. The minimum Gasteiger partial charge on any atom is -0.455 e. The van der Waals surface area contributed by atoms with Gasteiger partial charge in [-0.25, -0.2) is 4.68 Å². The topological polar surface area (TPSA) is 110 Å². The molecule has 6 rings (SSSR count). The van der Waals surface area contributed by atoms with E-state index in [9.17, 15) is 9.59 Å². The summed E-state index contributed by atoms with van der Waals surface area (Å²) in [5, 5.41) is 11.9. The van der Waals surface area contributed by atoms with Crippen molar-refractivity contribution in [3.63, 3.8) is 0 Å². The average molecular weight is 562 g/mol. The smallest absolute Gasteiger partial charge is 0.271 e. The molecule has 218 valence electrons. The second-order valence-corrected chi connectivity index (χ2v) is 12.0. The third-order valence-corrected chi connectivity index (χ3v) is 8.48. The maximum Gasteiger partial charge on any atom is 0.271 e. The van der Waals surface area contributed by atoms with Gasteiger partial charge in [-0.2, -0.15) is 10.2 Å². The first kappa shape index (κ1) is 27.7. The highest BCUT2D eigenvalue weighted by Crippen LogP contribution is 2.36. The van der Waals surface area contributed by atoms with Crippen molar-refractivity contribution < 1.29 is 19.0 Å². The molecule has 3 aliphatic rings. The van der Waals surface area contributed by atoms with E-state index >= 15 is 0 Å². The van der Waals surface area contributed by atoms with Crippen LogP contribution in [0, 0.1) is 12.8 Å². The van der Waals surface area contributed by atoms with E-state index in [1.165, 1.54) is 33.6 Å². The Balaban J connectivity index is 1.18. The second kappa shape index (κ2) is 11.4. The number of nitrogens with one attached hydrogen (secondary N) is 1. The van der Waals surface area contributed by atoms with E-state index in [1.807, 2.05) is 19.9 Å². The fraction of sp³-hybridized carbons (Fsp3) is 0.548. The van der Waals surface area contributed by atoms with E-state index in [4.69, 9.17) is 14.2 Å². The highest BCUT2D eigenvalue weighted by atomic mass is 16.7. The summed E-state index contributed by atoms with van der Waals surface area (Å²) < 4.78 is 20.7. The lowest BCUT2D eigenvalue weighted by Crippen LogP contribution is -2.36. The lowest BCUT2D eigenvalue weighted by atomic mass is 9.98. The molecule has 41 heavy (non-hydrogen) atoms. The van der Waals surface area contributed by atoms with E-state index in [0.29, 0.717) is 37.1 Å². The van der Waals surface area contributed by atoms with Gasteiger partial charge in [0.25, 0.3) is 11.5 Å². The first-order valence-corrected chi connectivity index (χ1v) is 14.8. The van der Waals surface area contributed by atoms with Gasteiger partial charge in [0.2, 0.25) is 0 Å². The van der Waals surface area contributed by atoms with Gasteiger partial charge in [0.1, 0.15) is 17.9 Å². The number of hydrogen-bond donors (Lipinski definition) is 1. The third kappa shape index (κ3) is 6.23. The summed E-state index contributed by atoms with van der Waals surface area (Å²) in [6.07, 6.45) is 11.3. The van der Waals surface area contributed by atoms with E-state index in [0.717, 1.165) is 50.7 Å². The average Bonchev–Trinajstić information content (AvgIpc) is 3.74. The molecule has 2 aromatic heterocycles. The number of anilines is 1. The number of ether oxygens (including phenoxy) is 3. The van der Waals surface area contributed by atoms with Crippen LogP contribution in [0.25, 0.3) is 0 Å². The van der Waals surface area contributed by atoms with E-state index in [1.54, 1.807) is 16.9 Å². The summed E-state index contributed by atoms with van der Waals surface area (Å²) >= 11 is 0. The Bertz CT molecular complexity index is 1470. The van der Waals surface area contributed by atoms with Crippen LogP contribution in [0.5, 0.6) is 11.5 Å². The largest absolute Gasteiger partial charge is 0.455 e. The summed E-state index contributed by atoms with van der Waals surface area (Å²) in [5.74, 6) is 1.03. The van der Waals surface area contributed by atoms with Crippen molar-refractivity contribution in [3.8, 4) is 11.5 Å². The van der Waals surface area contributed by atoms with Crippen molar-refractivity contribution in [2.45, 2.75) is 96.6 Å². The molecule has 3 aromatic rings. The molecule has 1 amide bonds. The van der Waals surface area contributed by atoms with Crippen LogP contribution in [-0.4, -0.2) is 44.0 Å². The molecule has 3 heterocycles. The second-order valence-electron chi connectivity index (χ2n) is 12.0. The van der Waals surface area contributed by atoms with Crippen LogP contribution in [0.2, 0.25) is 0 Å². The molecule has 2 atom stereocenters. The third-order valence-electron chi connectivity index (χ3n) is 8.48. The van der Waals surface area contributed by atoms with Gasteiger partial charge in [0, 0.05) is 18.3 Å². The van der Waals surface area contributed by atoms with Crippen LogP contribution in [0.1, 0.15) is 75.1 Å². The van der Waals surface area contributed by atoms with Crippen LogP contribution in [-0.2, 0) is 33.7 Å². The van der Waals surface area contributed by atoms with Crippen molar-refractivity contribution in [1.82, 2.24) is 19.6 Å². The number of aromatic nitrogens is 4. The first-order valence-electron chi connectivity index (χ1n) is 14.8. The Kier molecular flexibility index (Phi) is 7.70. The quantitative estimate of drug-likeness (QED) is 0.394. The van der Waals surface area contributed by atoms with Gasteiger partial charge in [0.15, 0.2) is 17.4 Å². The lowest BCUT2D eigenvalue weighted by Gasteiger charge is -2.21. The first-order chi connectivity index (χ1) is 19.7. The molecule has 0 spiro atoms. The molecule has 1 saturated carbocycles. The Morgan fingerprint density at radius 1 is 1.17 bits per heavy atom. The van der Waals surface area contributed by atoms with Crippen LogP contribution < -0.4 is 15.6 Å². The zero-order chi connectivity index (χ0) is 28.6. The maximum atomic E-state index is 13.6. The molecular weight excluding hydrogens is 522 g/mol. The molecule has 1 unspecified atom stereocenters. The molecule has 2 fully saturated rings. The minimum atomic E-state index is -0.749. The summed E-state index contributed by atoms with van der Waals surface area (Å²) in [6.45, 7) is 6.89. The SMILES string of the molecule is Cc1ccc(Oc2cnn(C(CC3CCCC3)C(=O)Nc3ccn(C[C@@H]4COC(C)(C)O4)n3)c(=O)c2)c2c1CCC2. The molecule has 0 bridgehead atoms. The lowest BCUT2D eigenvalue weighted by molar-refractivity contribution is -0.139. The summed E-state index contributed by atoms with van der Waals surface area (Å²) in [5.41, 5.74) is 3.46. The maximum absolute atomic E-state index is 13.6. The van der Waals surface area contributed by atoms with Gasteiger partial charge in [-0.3, -0.25) is 14.3 Å². The number of amides is 1. The van der Waals surface area contributed by atoms with Crippen molar-refractivity contribution in [1.29, 1.82) is 0 Å². The predicted octanol–water partition coefficient (Wildman–Crippen LogP) is 4.94. The fourth-order valence-corrected chi connectivity index (χ4v) is 6.45. The number of hydrogen-bond acceptors (Lipinski definition) is 7. The van der Waals surface area contributed by atoms with E-state index in [-0.39, 0.29) is 17.6 Å². The summed E-state index contributed by atoms with van der Waals surface area (Å²) in [6, 6.07) is 6.46. The number of carbonyl (C=O) groups excluding carboxylic acids is 1. The highest BCUT2D eigenvalue weighted by Gasteiger charge is 2.33. The Morgan fingerprint density at radius 2 is 1.98 bits per heavy atom. The van der Waals surface area contributed by atoms with Crippen LogP contribution in [0.3, 0.4) is 0 Å². The number of fused-ring (bicyclic) bond motifs is 1. The molecular formula is C31H39N5O5. The van der Waals surface area contributed by atoms with E-state index in [2.05, 4.69) is 28.5 Å². The summed E-state index contributed by atoms with van der Waals surface area (Å²) in [7, 11) is 0. The molecule has 10 nitrogen and oxygen atoms in total. The zero-order valence-corrected chi connectivity index (χ0v) is 24.1. The number of nitrogens with zero attached hydrogens (tertiary/aromatic N) is 4. The molecule has 10 heteroatoms. The monoisotopic (exact) mass is 561 g/mol. The number of benzene rings is 1. The van der Waals surface area contributed by atoms with Gasteiger partial charge in [-0.1, -0.05) is 31.7 Å². The molecule has 1 aliphatic heterocycles. The normalized spacial score (nSPS) is 20.7. The number of aryl methyl sites for hydroxylation is 1. The van der Waals surface area contributed by atoms with Crippen LogP contribution >= 0.6 is 0 Å². The van der Waals surface area contributed by atoms with Crippen molar-refractivity contribution in [2.24, 2.45) is 5.92 Å². The molecule has 1 aromatic carbocycles. The van der Waals surface area contributed by atoms with Gasteiger partial charge >= 0.3 is 0 Å². The Hall–Kier alpha value is -3.50. The van der Waals surface area contributed by atoms with Crippen molar-refractivity contribution in [2.75, 3.05) is 11.9 Å². The predicted molar refractivity (Wildman–Crippen MR) is 153 cm³/mol. The van der Waals surface area contributed by atoms with Crippen LogP contribution in [0.15, 0.2) is 41.5 Å². The van der Waals surface area contributed by atoms with Gasteiger partial charge in [-0.15, -0.1) is 0 Å².